The molecule has 0 saturated carbocycles. The quantitative estimate of drug-likeness (QED) is 0.572. The van der Waals surface area contributed by atoms with Gasteiger partial charge in [-0.25, -0.2) is 13.1 Å². The summed E-state index contributed by atoms with van der Waals surface area (Å²) < 4.78 is 32.4. The van der Waals surface area contributed by atoms with Crippen LogP contribution in [0.1, 0.15) is 17.7 Å². The molecule has 2 heterocycles. The van der Waals surface area contributed by atoms with Crippen molar-refractivity contribution in [2.45, 2.75) is 24.8 Å². The van der Waals surface area contributed by atoms with Gasteiger partial charge >= 0.3 is 0 Å². The zero-order chi connectivity index (χ0) is 22.7. The van der Waals surface area contributed by atoms with E-state index in [1.165, 1.54) is 30.5 Å². The van der Waals surface area contributed by atoms with E-state index in [0.29, 0.717) is 18.0 Å². The smallest absolute Gasteiger partial charge is 0.240 e. The van der Waals surface area contributed by atoms with Gasteiger partial charge in [-0.05, 0) is 55.5 Å². The fraction of sp³-hybridized carbons (Fsp3) is 0.217. The zero-order valence-electron chi connectivity index (χ0n) is 17.4. The van der Waals surface area contributed by atoms with Crippen LogP contribution in [0, 0.1) is 12.8 Å². The van der Waals surface area contributed by atoms with Crippen molar-refractivity contribution in [1.82, 2.24) is 4.72 Å². The van der Waals surface area contributed by atoms with Crippen LogP contribution in [-0.2, 0) is 26.2 Å². The topological polar surface area (TPSA) is 109 Å². The molecule has 0 aliphatic carbocycles. The molecule has 4 rings (SSSR count). The molecule has 166 valence electrons. The van der Waals surface area contributed by atoms with Crippen molar-refractivity contribution < 1.29 is 22.4 Å². The van der Waals surface area contributed by atoms with Crippen molar-refractivity contribution >= 4 is 33.2 Å². The largest absolute Gasteiger partial charge is 0.468 e. The van der Waals surface area contributed by atoms with Gasteiger partial charge < -0.3 is 14.6 Å². The first-order valence-corrected chi connectivity index (χ1v) is 11.6. The minimum atomic E-state index is -3.72. The molecule has 1 aromatic heterocycles. The summed E-state index contributed by atoms with van der Waals surface area (Å²) in [4.78, 5) is 26.8. The summed E-state index contributed by atoms with van der Waals surface area (Å²) in [7, 11) is -3.72. The Balaban J connectivity index is 1.36. The minimum absolute atomic E-state index is 0.0427. The number of carbonyl (C=O) groups is 2. The van der Waals surface area contributed by atoms with Crippen molar-refractivity contribution in [3.05, 3.63) is 78.3 Å². The van der Waals surface area contributed by atoms with E-state index in [0.717, 1.165) is 11.3 Å². The van der Waals surface area contributed by atoms with Gasteiger partial charge in [0.1, 0.15) is 5.76 Å². The summed E-state index contributed by atoms with van der Waals surface area (Å²) in [6, 6.07) is 16.8. The lowest BCUT2D eigenvalue weighted by Gasteiger charge is -2.17. The van der Waals surface area contributed by atoms with E-state index < -0.39 is 15.9 Å². The number of anilines is 2. The molecule has 2 aromatic carbocycles. The summed E-state index contributed by atoms with van der Waals surface area (Å²) in [5.41, 5.74) is 2.32. The molecule has 1 saturated heterocycles. The normalized spacial score (nSPS) is 16.3. The number of hydrogen-bond donors (Lipinski definition) is 2. The molecule has 1 fully saturated rings. The third kappa shape index (κ3) is 4.90. The highest BCUT2D eigenvalue weighted by molar-refractivity contribution is 7.89. The molecule has 9 heteroatoms. The first-order chi connectivity index (χ1) is 15.3. The summed E-state index contributed by atoms with van der Waals surface area (Å²) in [5, 5.41) is 2.77. The lowest BCUT2D eigenvalue weighted by atomic mass is 10.1. The third-order valence-corrected chi connectivity index (χ3v) is 6.71. The Bertz CT molecular complexity index is 1200. The van der Waals surface area contributed by atoms with Gasteiger partial charge in [0.05, 0.1) is 23.6 Å². The highest BCUT2D eigenvalue weighted by Crippen LogP contribution is 2.26. The Morgan fingerprint density at radius 1 is 1.09 bits per heavy atom. The lowest BCUT2D eigenvalue weighted by molar-refractivity contribution is -0.122. The number of aryl methyl sites for hydroxylation is 1. The number of hydrogen-bond acceptors (Lipinski definition) is 5. The Labute approximate surface area is 186 Å². The number of nitrogens with one attached hydrogen (secondary N) is 2. The maximum atomic E-state index is 12.7. The second-order valence-electron chi connectivity index (χ2n) is 7.66. The van der Waals surface area contributed by atoms with Gasteiger partial charge in [-0.2, -0.15) is 0 Å². The van der Waals surface area contributed by atoms with E-state index in [1.807, 2.05) is 31.2 Å². The van der Waals surface area contributed by atoms with E-state index in [2.05, 4.69) is 10.0 Å². The Morgan fingerprint density at radius 3 is 2.47 bits per heavy atom. The summed E-state index contributed by atoms with van der Waals surface area (Å²) >= 11 is 0. The summed E-state index contributed by atoms with van der Waals surface area (Å²) in [6.07, 6.45) is 1.60. The molecule has 3 aromatic rings. The van der Waals surface area contributed by atoms with Gasteiger partial charge in [-0.3, -0.25) is 9.59 Å². The molecule has 1 atom stereocenters. The van der Waals surface area contributed by atoms with Crippen LogP contribution in [0.5, 0.6) is 0 Å². The summed E-state index contributed by atoms with van der Waals surface area (Å²) in [5.74, 6) is -0.358. The van der Waals surface area contributed by atoms with Crippen molar-refractivity contribution in [2.75, 3.05) is 16.8 Å². The van der Waals surface area contributed by atoms with Crippen molar-refractivity contribution in [3.8, 4) is 0 Å². The van der Waals surface area contributed by atoms with Crippen LogP contribution in [0.15, 0.2) is 76.2 Å². The van der Waals surface area contributed by atoms with E-state index in [-0.39, 0.29) is 29.7 Å². The van der Waals surface area contributed by atoms with Crippen molar-refractivity contribution in [1.29, 1.82) is 0 Å². The fourth-order valence-corrected chi connectivity index (χ4v) is 4.48. The minimum Gasteiger partial charge on any atom is -0.468 e. The monoisotopic (exact) mass is 453 g/mol. The van der Waals surface area contributed by atoms with Gasteiger partial charge in [0, 0.05) is 24.3 Å². The molecule has 0 radical (unpaired) electrons. The van der Waals surface area contributed by atoms with E-state index >= 15 is 0 Å². The van der Waals surface area contributed by atoms with E-state index in [1.54, 1.807) is 17.0 Å². The predicted molar refractivity (Wildman–Crippen MR) is 119 cm³/mol. The number of furan rings is 1. The average molecular weight is 454 g/mol. The van der Waals surface area contributed by atoms with Crippen LogP contribution in [-0.4, -0.2) is 26.8 Å². The predicted octanol–water partition coefficient (Wildman–Crippen LogP) is 3.06. The SMILES string of the molecule is Cc1ccc(N2CC(C(=O)Nc3ccc(S(=O)(=O)NCc4ccco4)cc3)CC2=O)cc1. The molecule has 8 nitrogen and oxygen atoms in total. The van der Waals surface area contributed by atoms with E-state index in [9.17, 15) is 18.0 Å². The van der Waals surface area contributed by atoms with Gasteiger partial charge in [-0.1, -0.05) is 17.7 Å². The number of nitrogens with zero attached hydrogens (tertiary/aromatic N) is 1. The van der Waals surface area contributed by atoms with Gasteiger partial charge in [0.2, 0.25) is 21.8 Å². The molecule has 0 bridgehead atoms. The molecule has 1 unspecified atom stereocenters. The van der Waals surface area contributed by atoms with Gasteiger partial charge in [0.25, 0.3) is 0 Å². The highest BCUT2D eigenvalue weighted by Gasteiger charge is 2.35. The number of benzene rings is 2. The molecule has 0 spiro atoms. The number of amides is 2. The lowest BCUT2D eigenvalue weighted by Crippen LogP contribution is -2.28. The molecule has 1 aliphatic heterocycles. The molecule has 1 aliphatic rings. The van der Waals surface area contributed by atoms with Crippen LogP contribution >= 0.6 is 0 Å². The van der Waals surface area contributed by atoms with Crippen LogP contribution in [0.2, 0.25) is 0 Å². The third-order valence-electron chi connectivity index (χ3n) is 5.29. The Kier molecular flexibility index (Phi) is 6.11. The maximum Gasteiger partial charge on any atom is 0.240 e. The van der Waals surface area contributed by atoms with E-state index in [4.69, 9.17) is 4.42 Å². The second kappa shape index (κ2) is 8.97. The van der Waals surface area contributed by atoms with Gasteiger partial charge in [0.15, 0.2) is 0 Å². The first kappa shape index (κ1) is 21.8. The van der Waals surface area contributed by atoms with Crippen LogP contribution in [0.3, 0.4) is 0 Å². The molecular formula is C23H23N3O5S. The Morgan fingerprint density at radius 2 is 1.81 bits per heavy atom. The fourth-order valence-electron chi connectivity index (χ4n) is 3.48. The standard InChI is InChI=1S/C23H23N3O5S/c1-16-4-8-19(9-5-16)26-15-17(13-22(26)27)23(28)25-18-6-10-21(11-7-18)32(29,30)24-14-20-3-2-12-31-20/h2-12,17,24H,13-15H2,1H3,(H,25,28). The highest BCUT2D eigenvalue weighted by atomic mass is 32.2. The molecule has 32 heavy (non-hydrogen) atoms. The molecule has 2 N–H and O–H groups in total. The molecular weight excluding hydrogens is 430 g/mol. The number of rotatable bonds is 7. The van der Waals surface area contributed by atoms with Crippen molar-refractivity contribution in [2.24, 2.45) is 5.92 Å². The van der Waals surface area contributed by atoms with Crippen LogP contribution in [0.25, 0.3) is 0 Å². The number of sulfonamides is 1. The van der Waals surface area contributed by atoms with Gasteiger partial charge in [-0.15, -0.1) is 0 Å². The number of carbonyl (C=O) groups excluding carboxylic acids is 2. The van der Waals surface area contributed by atoms with Crippen LogP contribution < -0.4 is 14.9 Å². The Hall–Kier alpha value is -3.43. The van der Waals surface area contributed by atoms with Crippen molar-refractivity contribution in [3.63, 3.8) is 0 Å². The molecule has 2 amide bonds. The second-order valence-corrected chi connectivity index (χ2v) is 9.43. The maximum absolute atomic E-state index is 12.7. The summed E-state index contributed by atoms with van der Waals surface area (Å²) in [6.45, 7) is 2.31. The first-order valence-electron chi connectivity index (χ1n) is 10.1. The average Bonchev–Trinajstić information content (AvgIpc) is 3.43. The van der Waals surface area contributed by atoms with Crippen LogP contribution in [0.4, 0.5) is 11.4 Å². The zero-order valence-corrected chi connectivity index (χ0v) is 18.3.